The van der Waals surface area contributed by atoms with E-state index in [1.165, 1.54) is 12.1 Å². The molecule has 4 nitrogen and oxygen atoms in total. The van der Waals surface area contributed by atoms with E-state index in [0.717, 1.165) is 32.5 Å². The summed E-state index contributed by atoms with van der Waals surface area (Å²) in [6.45, 7) is 2.48. The Morgan fingerprint density at radius 2 is 2.00 bits per heavy atom. The van der Waals surface area contributed by atoms with Gasteiger partial charge in [-0.05, 0) is 50.2 Å². The van der Waals surface area contributed by atoms with Crippen LogP contribution in [0.25, 0.3) is 0 Å². The van der Waals surface area contributed by atoms with E-state index >= 15 is 0 Å². The molecule has 1 aliphatic heterocycles. The molecule has 1 aromatic rings. The lowest BCUT2D eigenvalue weighted by Crippen LogP contribution is -2.38. The van der Waals surface area contributed by atoms with Crippen LogP contribution in [-0.4, -0.2) is 30.4 Å². The molecule has 5 heteroatoms. The van der Waals surface area contributed by atoms with E-state index in [9.17, 15) is 9.18 Å². The quantitative estimate of drug-likeness (QED) is 0.918. The number of nitrogens with one attached hydrogen (secondary N) is 1. The number of rotatable bonds is 4. The van der Waals surface area contributed by atoms with Gasteiger partial charge in [0.25, 0.3) is 0 Å². The third-order valence-electron chi connectivity index (χ3n) is 3.61. The fourth-order valence-electron chi connectivity index (χ4n) is 2.40. The zero-order chi connectivity index (χ0) is 14.4. The normalized spacial score (nSPS) is 16.6. The second-order valence-electron chi connectivity index (χ2n) is 5.02. The summed E-state index contributed by atoms with van der Waals surface area (Å²) in [5, 5.41) is 11.4. The van der Waals surface area contributed by atoms with Gasteiger partial charge in [-0.2, -0.15) is 5.26 Å². The molecular weight excluding hydrogens is 257 g/mol. The number of benzene rings is 1. The third kappa shape index (κ3) is 4.04. The highest BCUT2D eigenvalue weighted by Gasteiger charge is 2.24. The van der Waals surface area contributed by atoms with Gasteiger partial charge in [0, 0.05) is 24.6 Å². The molecule has 106 valence electrons. The summed E-state index contributed by atoms with van der Waals surface area (Å²) in [6.07, 6.45) is 2.14. The smallest absolute Gasteiger partial charge is 0.227 e. The summed E-state index contributed by atoms with van der Waals surface area (Å²) >= 11 is 0. The van der Waals surface area contributed by atoms with Crippen molar-refractivity contribution in [2.75, 3.05) is 25.0 Å². The average Bonchev–Trinajstić information content (AvgIpc) is 2.48. The van der Waals surface area contributed by atoms with E-state index in [2.05, 4.69) is 16.3 Å². The SMILES string of the molecule is N#CCCN1CCC(C(=O)Nc2ccc(F)cc2)CC1. The Bertz CT molecular complexity index is 487. The lowest BCUT2D eigenvalue weighted by Gasteiger charge is -2.30. The number of hydrogen-bond donors (Lipinski definition) is 1. The molecule has 0 atom stereocenters. The predicted octanol–water partition coefficient (Wildman–Crippen LogP) is 2.39. The topological polar surface area (TPSA) is 56.1 Å². The molecule has 0 spiro atoms. The minimum Gasteiger partial charge on any atom is -0.326 e. The predicted molar refractivity (Wildman–Crippen MR) is 74.4 cm³/mol. The Morgan fingerprint density at radius 1 is 1.35 bits per heavy atom. The van der Waals surface area contributed by atoms with Gasteiger partial charge in [0.2, 0.25) is 5.91 Å². The molecule has 1 N–H and O–H groups in total. The molecule has 0 radical (unpaired) electrons. The summed E-state index contributed by atoms with van der Waals surface area (Å²) in [6, 6.07) is 7.93. The largest absolute Gasteiger partial charge is 0.326 e. The molecule has 1 heterocycles. The van der Waals surface area contributed by atoms with Crippen molar-refractivity contribution in [3.63, 3.8) is 0 Å². The lowest BCUT2D eigenvalue weighted by atomic mass is 9.95. The summed E-state index contributed by atoms with van der Waals surface area (Å²) in [7, 11) is 0. The maximum Gasteiger partial charge on any atom is 0.227 e. The van der Waals surface area contributed by atoms with Gasteiger partial charge in [0.1, 0.15) is 5.82 Å². The van der Waals surface area contributed by atoms with Crippen LogP contribution < -0.4 is 5.32 Å². The number of amides is 1. The summed E-state index contributed by atoms with van der Waals surface area (Å²) in [4.78, 5) is 14.3. The molecule has 1 saturated heterocycles. The van der Waals surface area contributed by atoms with Crippen molar-refractivity contribution in [2.24, 2.45) is 5.92 Å². The number of carbonyl (C=O) groups is 1. The molecule has 1 fully saturated rings. The highest BCUT2D eigenvalue weighted by Crippen LogP contribution is 2.19. The zero-order valence-electron chi connectivity index (χ0n) is 11.3. The van der Waals surface area contributed by atoms with E-state index in [1.54, 1.807) is 12.1 Å². The van der Waals surface area contributed by atoms with Crippen LogP contribution in [-0.2, 0) is 4.79 Å². The number of piperidine rings is 1. The highest BCUT2D eigenvalue weighted by atomic mass is 19.1. The number of nitriles is 1. The highest BCUT2D eigenvalue weighted by molar-refractivity contribution is 5.92. The van der Waals surface area contributed by atoms with E-state index in [-0.39, 0.29) is 17.6 Å². The molecule has 0 aromatic heterocycles. The van der Waals surface area contributed by atoms with Crippen LogP contribution in [0.5, 0.6) is 0 Å². The first kappa shape index (κ1) is 14.5. The number of anilines is 1. The first-order valence-electron chi connectivity index (χ1n) is 6.85. The van der Waals surface area contributed by atoms with Crippen molar-refractivity contribution >= 4 is 11.6 Å². The molecule has 0 aliphatic carbocycles. The standard InChI is InChI=1S/C15H18FN3O/c16-13-2-4-14(5-3-13)18-15(20)12-6-10-19(11-7-12)9-1-8-17/h2-5,12H,1,6-7,9-11H2,(H,18,20). The van der Waals surface area contributed by atoms with Gasteiger partial charge in [0.15, 0.2) is 0 Å². The van der Waals surface area contributed by atoms with Crippen LogP contribution in [0.1, 0.15) is 19.3 Å². The molecule has 0 unspecified atom stereocenters. The maximum absolute atomic E-state index is 12.8. The fraction of sp³-hybridized carbons (Fsp3) is 0.467. The first-order chi connectivity index (χ1) is 9.69. The van der Waals surface area contributed by atoms with Crippen LogP contribution in [0.3, 0.4) is 0 Å². The van der Waals surface area contributed by atoms with Gasteiger partial charge < -0.3 is 10.2 Å². The number of likely N-dealkylation sites (tertiary alicyclic amines) is 1. The zero-order valence-corrected chi connectivity index (χ0v) is 11.3. The Labute approximate surface area is 118 Å². The minimum atomic E-state index is -0.311. The van der Waals surface area contributed by atoms with Gasteiger partial charge >= 0.3 is 0 Å². The molecule has 1 aromatic carbocycles. The lowest BCUT2D eigenvalue weighted by molar-refractivity contribution is -0.121. The average molecular weight is 275 g/mol. The number of carbonyl (C=O) groups excluding carboxylic acids is 1. The molecule has 0 saturated carbocycles. The monoisotopic (exact) mass is 275 g/mol. The summed E-state index contributed by atoms with van der Waals surface area (Å²) in [5.74, 6) is -0.316. The van der Waals surface area contributed by atoms with Crippen LogP contribution in [0, 0.1) is 23.1 Å². The Morgan fingerprint density at radius 3 is 2.60 bits per heavy atom. The maximum atomic E-state index is 12.8. The minimum absolute atomic E-state index is 0.00149. The van der Waals surface area contributed by atoms with Crippen LogP contribution in [0.15, 0.2) is 24.3 Å². The van der Waals surface area contributed by atoms with Crippen molar-refractivity contribution in [3.05, 3.63) is 30.1 Å². The Hall–Kier alpha value is -1.93. The van der Waals surface area contributed by atoms with Crippen LogP contribution >= 0.6 is 0 Å². The second-order valence-corrected chi connectivity index (χ2v) is 5.02. The molecule has 0 bridgehead atoms. The number of nitrogens with zero attached hydrogens (tertiary/aromatic N) is 2. The van der Waals surface area contributed by atoms with Crippen molar-refractivity contribution < 1.29 is 9.18 Å². The van der Waals surface area contributed by atoms with Gasteiger partial charge in [0.05, 0.1) is 6.07 Å². The summed E-state index contributed by atoms with van der Waals surface area (Å²) in [5.41, 5.74) is 0.628. The van der Waals surface area contributed by atoms with Crippen molar-refractivity contribution in [3.8, 4) is 6.07 Å². The van der Waals surface area contributed by atoms with Crippen LogP contribution in [0.4, 0.5) is 10.1 Å². The van der Waals surface area contributed by atoms with Gasteiger partial charge in [-0.15, -0.1) is 0 Å². The van der Waals surface area contributed by atoms with Crippen LogP contribution in [0.2, 0.25) is 0 Å². The van der Waals surface area contributed by atoms with Crippen molar-refractivity contribution in [1.29, 1.82) is 5.26 Å². The summed E-state index contributed by atoms with van der Waals surface area (Å²) < 4.78 is 12.8. The van der Waals surface area contributed by atoms with E-state index in [0.29, 0.717) is 12.1 Å². The Kier molecular flexibility index (Phi) is 5.08. The van der Waals surface area contributed by atoms with E-state index in [1.807, 2.05) is 0 Å². The van der Waals surface area contributed by atoms with E-state index in [4.69, 9.17) is 5.26 Å². The van der Waals surface area contributed by atoms with Gasteiger partial charge in [-0.1, -0.05) is 0 Å². The van der Waals surface area contributed by atoms with Gasteiger partial charge in [-0.25, -0.2) is 4.39 Å². The fourth-order valence-corrected chi connectivity index (χ4v) is 2.40. The van der Waals surface area contributed by atoms with E-state index < -0.39 is 0 Å². The number of hydrogen-bond acceptors (Lipinski definition) is 3. The van der Waals surface area contributed by atoms with Gasteiger partial charge in [-0.3, -0.25) is 4.79 Å². The first-order valence-corrected chi connectivity index (χ1v) is 6.85. The molecular formula is C15H18FN3O. The molecule has 1 amide bonds. The molecule has 1 aliphatic rings. The van der Waals surface area contributed by atoms with Crippen molar-refractivity contribution in [1.82, 2.24) is 4.90 Å². The third-order valence-corrected chi connectivity index (χ3v) is 3.61. The Balaban J connectivity index is 1.80. The molecule has 2 rings (SSSR count). The van der Waals surface area contributed by atoms with Crippen molar-refractivity contribution in [2.45, 2.75) is 19.3 Å². The molecule has 20 heavy (non-hydrogen) atoms. The number of halogens is 1. The second kappa shape index (κ2) is 7.01.